The van der Waals surface area contributed by atoms with Crippen molar-refractivity contribution in [3.63, 3.8) is 0 Å². The highest BCUT2D eigenvalue weighted by molar-refractivity contribution is 5.94. The summed E-state index contributed by atoms with van der Waals surface area (Å²) in [6.07, 6.45) is 0. The van der Waals surface area contributed by atoms with Crippen molar-refractivity contribution < 1.29 is 18.8 Å². The molecule has 1 heterocycles. The monoisotopic (exact) mass is 423 g/mol. The number of carbonyl (C=O) groups excluding carboxylic acids is 1. The Labute approximate surface area is 182 Å². The largest absolute Gasteiger partial charge is 0.497 e. The number of aryl methyl sites for hydroxylation is 2. The van der Waals surface area contributed by atoms with E-state index < -0.39 is 0 Å². The standard InChI is InChI=1S/C24H29N3O4/c1-16-22(17(2)31-26-16)15-30-20-11-9-18(10-12-20)24(28)25-14-23(27(3)4)19-7-6-8-21(13-19)29-5/h6-13,23H,14-15H2,1-5H3,(H,25,28). The van der Waals surface area contributed by atoms with E-state index in [9.17, 15) is 4.79 Å². The molecule has 1 unspecified atom stereocenters. The number of benzene rings is 2. The Bertz CT molecular complexity index is 992. The molecular formula is C24H29N3O4. The predicted octanol–water partition coefficient (Wildman–Crippen LogP) is 3.91. The predicted molar refractivity (Wildman–Crippen MR) is 119 cm³/mol. The molecule has 0 radical (unpaired) electrons. The van der Waals surface area contributed by atoms with Crippen LogP contribution in [0.4, 0.5) is 0 Å². The number of carbonyl (C=O) groups is 1. The Kier molecular flexibility index (Phi) is 7.31. The van der Waals surface area contributed by atoms with Gasteiger partial charge < -0.3 is 24.2 Å². The zero-order valence-electron chi connectivity index (χ0n) is 18.6. The molecule has 7 nitrogen and oxygen atoms in total. The van der Waals surface area contributed by atoms with E-state index in [4.69, 9.17) is 14.0 Å². The minimum absolute atomic E-state index is 0.0247. The van der Waals surface area contributed by atoms with Gasteiger partial charge in [-0.05, 0) is 69.9 Å². The number of ether oxygens (including phenoxy) is 2. The van der Waals surface area contributed by atoms with E-state index >= 15 is 0 Å². The molecule has 0 spiro atoms. The average Bonchev–Trinajstić information content (AvgIpc) is 3.09. The van der Waals surface area contributed by atoms with Crippen molar-refractivity contribution in [3.8, 4) is 11.5 Å². The minimum Gasteiger partial charge on any atom is -0.497 e. The van der Waals surface area contributed by atoms with Crippen molar-refractivity contribution in [2.75, 3.05) is 27.7 Å². The Hall–Kier alpha value is -3.32. The number of likely N-dealkylation sites (N-methyl/N-ethyl adjacent to an activating group) is 1. The number of hydrogen-bond donors (Lipinski definition) is 1. The van der Waals surface area contributed by atoms with Crippen molar-refractivity contribution in [2.24, 2.45) is 0 Å². The van der Waals surface area contributed by atoms with Crippen LogP contribution < -0.4 is 14.8 Å². The third-order valence-corrected chi connectivity index (χ3v) is 5.24. The first-order valence-electron chi connectivity index (χ1n) is 10.1. The van der Waals surface area contributed by atoms with Crippen LogP contribution in [0, 0.1) is 13.8 Å². The zero-order chi connectivity index (χ0) is 22.4. The molecule has 7 heteroatoms. The van der Waals surface area contributed by atoms with Gasteiger partial charge >= 0.3 is 0 Å². The normalized spacial score (nSPS) is 11.9. The summed E-state index contributed by atoms with van der Waals surface area (Å²) in [5.74, 6) is 2.09. The second kappa shape index (κ2) is 10.1. The molecule has 31 heavy (non-hydrogen) atoms. The van der Waals surface area contributed by atoms with Crippen LogP contribution in [0.25, 0.3) is 0 Å². The highest BCUT2D eigenvalue weighted by Crippen LogP contribution is 2.22. The fraction of sp³-hybridized carbons (Fsp3) is 0.333. The minimum atomic E-state index is -0.132. The Morgan fingerprint density at radius 1 is 1.13 bits per heavy atom. The van der Waals surface area contributed by atoms with Crippen LogP contribution in [0.1, 0.15) is 39.0 Å². The highest BCUT2D eigenvalue weighted by Gasteiger charge is 2.17. The molecule has 0 aliphatic heterocycles. The van der Waals surface area contributed by atoms with E-state index in [0.29, 0.717) is 24.5 Å². The summed E-state index contributed by atoms with van der Waals surface area (Å²) in [6, 6.07) is 15.0. The zero-order valence-corrected chi connectivity index (χ0v) is 18.6. The van der Waals surface area contributed by atoms with Crippen molar-refractivity contribution >= 4 is 5.91 Å². The molecule has 3 rings (SSSR count). The van der Waals surface area contributed by atoms with Crippen molar-refractivity contribution in [1.82, 2.24) is 15.4 Å². The molecule has 0 fully saturated rings. The third kappa shape index (κ3) is 5.64. The maximum atomic E-state index is 12.7. The lowest BCUT2D eigenvalue weighted by atomic mass is 10.1. The van der Waals surface area contributed by atoms with Gasteiger partial charge in [-0.3, -0.25) is 4.79 Å². The Morgan fingerprint density at radius 3 is 2.48 bits per heavy atom. The van der Waals surface area contributed by atoms with Crippen LogP contribution in [0.3, 0.4) is 0 Å². The van der Waals surface area contributed by atoms with Gasteiger partial charge in [-0.1, -0.05) is 17.3 Å². The summed E-state index contributed by atoms with van der Waals surface area (Å²) in [4.78, 5) is 14.7. The molecule has 164 valence electrons. The van der Waals surface area contributed by atoms with Gasteiger partial charge in [0.2, 0.25) is 0 Å². The van der Waals surface area contributed by atoms with Crippen molar-refractivity contribution in [1.29, 1.82) is 0 Å². The van der Waals surface area contributed by atoms with Gasteiger partial charge in [0.05, 0.1) is 24.4 Å². The van der Waals surface area contributed by atoms with E-state index in [-0.39, 0.29) is 11.9 Å². The molecule has 0 bridgehead atoms. The molecule has 1 amide bonds. The first-order valence-corrected chi connectivity index (χ1v) is 10.1. The van der Waals surface area contributed by atoms with Crippen molar-refractivity contribution in [2.45, 2.75) is 26.5 Å². The number of nitrogens with zero attached hydrogens (tertiary/aromatic N) is 2. The van der Waals surface area contributed by atoms with E-state index in [1.165, 1.54) is 0 Å². The van der Waals surface area contributed by atoms with Crippen LogP contribution in [-0.4, -0.2) is 43.7 Å². The average molecular weight is 424 g/mol. The number of rotatable bonds is 9. The fourth-order valence-corrected chi connectivity index (χ4v) is 3.30. The maximum Gasteiger partial charge on any atom is 0.251 e. The van der Waals surface area contributed by atoms with Crippen LogP contribution in [0.5, 0.6) is 11.5 Å². The quantitative estimate of drug-likeness (QED) is 0.562. The summed E-state index contributed by atoms with van der Waals surface area (Å²) in [7, 11) is 5.62. The fourth-order valence-electron chi connectivity index (χ4n) is 3.30. The Morgan fingerprint density at radius 2 is 1.87 bits per heavy atom. The van der Waals surface area contributed by atoms with Gasteiger partial charge in [0.1, 0.15) is 23.9 Å². The molecule has 3 aromatic rings. The van der Waals surface area contributed by atoms with Gasteiger partial charge in [0.25, 0.3) is 5.91 Å². The summed E-state index contributed by atoms with van der Waals surface area (Å²) >= 11 is 0. The lowest BCUT2D eigenvalue weighted by molar-refractivity contribution is 0.0942. The van der Waals surface area contributed by atoms with Crippen molar-refractivity contribution in [3.05, 3.63) is 76.7 Å². The summed E-state index contributed by atoms with van der Waals surface area (Å²) < 4.78 is 16.3. The number of hydrogen-bond acceptors (Lipinski definition) is 6. The maximum absolute atomic E-state index is 12.7. The molecule has 0 aliphatic rings. The van der Waals surface area contributed by atoms with Crippen LogP contribution in [-0.2, 0) is 6.61 Å². The molecule has 2 aromatic carbocycles. The summed E-state index contributed by atoms with van der Waals surface area (Å²) in [5.41, 5.74) is 3.41. The van der Waals surface area contributed by atoms with Gasteiger partial charge in [-0.25, -0.2) is 0 Å². The lowest BCUT2D eigenvalue weighted by Gasteiger charge is -2.25. The summed E-state index contributed by atoms with van der Waals surface area (Å²) in [5, 5.41) is 6.95. The van der Waals surface area contributed by atoms with E-state index in [1.54, 1.807) is 31.4 Å². The van der Waals surface area contributed by atoms with Crippen LogP contribution >= 0.6 is 0 Å². The first-order chi connectivity index (χ1) is 14.9. The van der Waals surface area contributed by atoms with Crippen LogP contribution in [0.15, 0.2) is 53.1 Å². The number of aromatic nitrogens is 1. The Balaban J connectivity index is 1.59. The number of amides is 1. The SMILES string of the molecule is COc1cccc(C(CNC(=O)c2ccc(OCc3c(C)noc3C)cc2)N(C)C)c1. The lowest BCUT2D eigenvalue weighted by Crippen LogP contribution is -2.34. The molecule has 0 aliphatic carbocycles. The van der Waals surface area contributed by atoms with Gasteiger partial charge in [0.15, 0.2) is 0 Å². The molecule has 1 N–H and O–H groups in total. The second-order valence-electron chi connectivity index (χ2n) is 7.58. The molecule has 1 aromatic heterocycles. The molecular weight excluding hydrogens is 394 g/mol. The smallest absolute Gasteiger partial charge is 0.251 e. The van der Waals surface area contributed by atoms with E-state index in [1.807, 2.05) is 52.2 Å². The van der Waals surface area contributed by atoms with E-state index in [2.05, 4.69) is 15.4 Å². The molecule has 1 atom stereocenters. The second-order valence-corrected chi connectivity index (χ2v) is 7.58. The molecule has 0 saturated heterocycles. The first kappa shape index (κ1) is 22.4. The van der Waals surface area contributed by atoms with Gasteiger partial charge in [-0.15, -0.1) is 0 Å². The number of nitrogens with one attached hydrogen (secondary N) is 1. The summed E-state index contributed by atoms with van der Waals surface area (Å²) in [6.45, 7) is 4.59. The van der Waals surface area contributed by atoms with E-state index in [0.717, 1.165) is 28.3 Å². The number of methoxy groups -OCH3 is 1. The topological polar surface area (TPSA) is 76.8 Å². The van der Waals surface area contributed by atoms with Crippen LogP contribution in [0.2, 0.25) is 0 Å². The van der Waals surface area contributed by atoms with Gasteiger partial charge in [-0.2, -0.15) is 0 Å². The third-order valence-electron chi connectivity index (χ3n) is 5.24. The molecule has 0 saturated carbocycles. The highest BCUT2D eigenvalue weighted by atomic mass is 16.5. The van der Waals surface area contributed by atoms with Gasteiger partial charge in [0, 0.05) is 12.1 Å².